The SMILES string of the molecule is CCc1nnc(OCCC(C)C)c(C(N)=NO)c1CC. The van der Waals surface area contributed by atoms with Crippen molar-refractivity contribution in [1.82, 2.24) is 10.2 Å². The van der Waals surface area contributed by atoms with Crippen molar-refractivity contribution < 1.29 is 9.94 Å². The normalized spacial score (nSPS) is 11.9. The van der Waals surface area contributed by atoms with E-state index in [9.17, 15) is 0 Å². The number of nitrogens with two attached hydrogens (primary N) is 1. The average molecular weight is 280 g/mol. The summed E-state index contributed by atoms with van der Waals surface area (Å²) in [6.45, 7) is 8.78. The molecule has 1 heterocycles. The van der Waals surface area contributed by atoms with Crippen LogP contribution in [0.25, 0.3) is 0 Å². The molecule has 1 aromatic heterocycles. The van der Waals surface area contributed by atoms with Gasteiger partial charge in [-0.1, -0.05) is 32.9 Å². The second kappa shape index (κ2) is 7.67. The zero-order chi connectivity index (χ0) is 15.1. The summed E-state index contributed by atoms with van der Waals surface area (Å²) in [5.74, 6) is 0.900. The van der Waals surface area contributed by atoms with Gasteiger partial charge in [0.15, 0.2) is 5.84 Å². The summed E-state index contributed by atoms with van der Waals surface area (Å²) in [6, 6.07) is 0. The molecule has 6 heteroatoms. The predicted molar refractivity (Wildman–Crippen MR) is 78.2 cm³/mol. The molecular formula is C14H24N4O2. The molecule has 0 saturated carbocycles. The van der Waals surface area contributed by atoms with Gasteiger partial charge in [-0.3, -0.25) is 0 Å². The van der Waals surface area contributed by atoms with E-state index in [2.05, 4.69) is 29.2 Å². The van der Waals surface area contributed by atoms with Gasteiger partial charge >= 0.3 is 0 Å². The highest BCUT2D eigenvalue weighted by Gasteiger charge is 2.19. The number of ether oxygens (including phenoxy) is 1. The van der Waals surface area contributed by atoms with E-state index >= 15 is 0 Å². The van der Waals surface area contributed by atoms with Crippen LogP contribution < -0.4 is 10.5 Å². The molecule has 0 saturated heterocycles. The minimum absolute atomic E-state index is 0.0194. The fraction of sp³-hybridized carbons (Fsp3) is 0.643. The summed E-state index contributed by atoms with van der Waals surface area (Å²) < 4.78 is 5.67. The maximum absolute atomic E-state index is 8.97. The number of aryl methyl sites for hydroxylation is 1. The molecule has 1 aromatic rings. The van der Waals surface area contributed by atoms with E-state index < -0.39 is 0 Å². The van der Waals surface area contributed by atoms with Gasteiger partial charge in [-0.15, -0.1) is 5.10 Å². The molecule has 0 fully saturated rings. The lowest BCUT2D eigenvalue weighted by atomic mass is 10.0. The summed E-state index contributed by atoms with van der Waals surface area (Å²) in [5.41, 5.74) is 8.12. The van der Waals surface area contributed by atoms with Crippen LogP contribution in [0.3, 0.4) is 0 Å². The van der Waals surface area contributed by atoms with Crippen LogP contribution in [0.1, 0.15) is 50.9 Å². The lowest BCUT2D eigenvalue weighted by Crippen LogP contribution is -2.21. The first-order valence-corrected chi connectivity index (χ1v) is 7.04. The minimum Gasteiger partial charge on any atom is -0.476 e. The van der Waals surface area contributed by atoms with Gasteiger partial charge in [-0.2, -0.15) is 5.10 Å². The molecule has 6 nitrogen and oxygen atoms in total. The lowest BCUT2D eigenvalue weighted by Gasteiger charge is -2.15. The Labute approximate surface area is 120 Å². The topological polar surface area (TPSA) is 93.6 Å². The quantitative estimate of drug-likeness (QED) is 0.345. The van der Waals surface area contributed by atoms with Crippen LogP contribution in [0.4, 0.5) is 0 Å². The monoisotopic (exact) mass is 280 g/mol. The van der Waals surface area contributed by atoms with Crippen molar-refractivity contribution in [3.05, 3.63) is 16.8 Å². The Hall–Kier alpha value is -1.85. The van der Waals surface area contributed by atoms with Gasteiger partial charge < -0.3 is 15.7 Å². The van der Waals surface area contributed by atoms with Crippen LogP contribution >= 0.6 is 0 Å². The molecule has 0 aliphatic rings. The molecule has 0 aromatic carbocycles. The summed E-state index contributed by atoms with van der Waals surface area (Å²) in [6.07, 6.45) is 2.38. The van der Waals surface area contributed by atoms with Crippen molar-refractivity contribution in [3.8, 4) is 5.88 Å². The molecule has 0 radical (unpaired) electrons. The summed E-state index contributed by atoms with van der Waals surface area (Å²) in [5, 5.41) is 20.3. The highest BCUT2D eigenvalue weighted by Crippen LogP contribution is 2.23. The van der Waals surface area contributed by atoms with Crippen LogP contribution in [0.15, 0.2) is 5.16 Å². The first-order chi connectivity index (χ1) is 9.54. The number of rotatable bonds is 7. The van der Waals surface area contributed by atoms with Gasteiger partial charge in [0.05, 0.1) is 17.9 Å². The number of hydrogen-bond acceptors (Lipinski definition) is 5. The standard InChI is InChI=1S/C14H24N4O2/c1-5-10-11(6-2)16-17-14(12(10)13(15)18-19)20-8-7-9(3)4/h9,19H,5-8H2,1-4H3,(H2,15,18). The lowest BCUT2D eigenvalue weighted by molar-refractivity contribution is 0.274. The van der Waals surface area contributed by atoms with Gasteiger partial charge in [0.25, 0.3) is 0 Å². The molecule has 20 heavy (non-hydrogen) atoms. The minimum atomic E-state index is 0.0194. The van der Waals surface area contributed by atoms with Crippen molar-refractivity contribution in [3.63, 3.8) is 0 Å². The van der Waals surface area contributed by atoms with Crippen LogP contribution in [-0.4, -0.2) is 27.8 Å². The molecule has 112 valence electrons. The first-order valence-electron chi connectivity index (χ1n) is 7.04. The molecule has 0 aliphatic heterocycles. The molecule has 0 amide bonds. The van der Waals surface area contributed by atoms with Crippen molar-refractivity contribution in [1.29, 1.82) is 0 Å². The van der Waals surface area contributed by atoms with Crippen LogP contribution in [0, 0.1) is 5.92 Å². The molecule has 0 aliphatic carbocycles. The van der Waals surface area contributed by atoms with E-state index in [0.717, 1.165) is 30.5 Å². The number of oxime groups is 1. The van der Waals surface area contributed by atoms with E-state index in [4.69, 9.17) is 15.7 Å². The molecule has 0 atom stereocenters. The van der Waals surface area contributed by atoms with Crippen molar-refractivity contribution in [2.45, 2.75) is 47.0 Å². The highest BCUT2D eigenvalue weighted by atomic mass is 16.5. The average Bonchev–Trinajstić information content (AvgIpc) is 2.45. The summed E-state index contributed by atoms with van der Waals surface area (Å²) >= 11 is 0. The third-order valence-corrected chi connectivity index (χ3v) is 3.11. The van der Waals surface area contributed by atoms with Gasteiger partial charge in [0, 0.05) is 0 Å². The molecule has 0 unspecified atom stereocenters. The Kier molecular flexibility index (Phi) is 6.21. The van der Waals surface area contributed by atoms with Crippen LogP contribution in [0.2, 0.25) is 0 Å². The number of nitrogens with zero attached hydrogens (tertiary/aromatic N) is 3. The summed E-state index contributed by atoms with van der Waals surface area (Å²) in [7, 11) is 0. The second-order valence-electron chi connectivity index (χ2n) is 5.03. The Morgan fingerprint density at radius 3 is 2.50 bits per heavy atom. The van der Waals surface area contributed by atoms with E-state index in [1.807, 2.05) is 13.8 Å². The number of hydrogen-bond donors (Lipinski definition) is 2. The fourth-order valence-corrected chi connectivity index (χ4v) is 1.96. The van der Waals surface area contributed by atoms with Gasteiger partial charge in [-0.25, -0.2) is 0 Å². The van der Waals surface area contributed by atoms with E-state index in [1.165, 1.54) is 0 Å². The number of amidine groups is 1. The highest BCUT2D eigenvalue weighted by molar-refractivity contribution is 6.00. The van der Waals surface area contributed by atoms with Crippen molar-refractivity contribution >= 4 is 5.84 Å². The largest absolute Gasteiger partial charge is 0.476 e. The van der Waals surface area contributed by atoms with E-state index in [1.54, 1.807) is 0 Å². The Bertz CT molecular complexity index is 472. The van der Waals surface area contributed by atoms with Gasteiger partial charge in [0.2, 0.25) is 5.88 Å². The maximum atomic E-state index is 8.97. The zero-order valence-electron chi connectivity index (χ0n) is 12.7. The van der Waals surface area contributed by atoms with Gasteiger partial charge in [-0.05, 0) is 30.7 Å². The van der Waals surface area contributed by atoms with Gasteiger partial charge in [0.1, 0.15) is 0 Å². The zero-order valence-corrected chi connectivity index (χ0v) is 12.7. The predicted octanol–water partition coefficient (Wildman–Crippen LogP) is 2.12. The van der Waals surface area contributed by atoms with Crippen LogP contribution in [0.5, 0.6) is 5.88 Å². The summed E-state index contributed by atoms with van der Waals surface area (Å²) in [4.78, 5) is 0. The Balaban J connectivity index is 3.16. The molecular weight excluding hydrogens is 256 g/mol. The van der Waals surface area contributed by atoms with E-state index in [-0.39, 0.29) is 5.84 Å². The number of aromatic nitrogens is 2. The fourth-order valence-electron chi connectivity index (χ4n) is 1.96. The molecule has 3 N–H and O–H groups in total. The third kappa shape index (κ3) is 3.82. The molecule has 0 bridgehead atoms. The first kappa shape index (κ1) is 16.2. The van der Waals surface area contributed by atoms with Crippen LogP contribution in [-0.2, 0) is 12.8 Å². The smallest absolute Gasteiger partial charge is 0.244 e. The second-order valence-corrected chi connectivity index (χ2v) is 5.03. The van der Waals surface area contributed by atoms with Crippen molar-refractivity contribution in [2.75, 3.05) is 6.61 Å². The Morgan fingerprint density at radius 1 is 1.30 bits per heavy atom. The van der Waals surface area contributed by atoms with Crippen molar-refractivity contribution in [2.24, 2.45) is 16.8 Å². The maximum Gasteiger partial charge on any atom is 0.244 e. The third-order valence-electron chi connectivity index (χ3n) is 3.11. The molecule has 0 spiro atoms. The van der Waals surface area contributed by atoms with E-state index in [0.29, 0.717) is 24.0 Å². The Morgan fingerprint density at radius 2 is 2.00 bits per heavy atom. The molecule has 1 rings (SSSR count).